The standard InChI is InChI=1S/C9H7N5O2S/c10-4-1-6-5(13-9(15)16-6)2-7(4)17-8-11-3-12-14-8/h1-3H,10H2,(H,13,15)(H,11,12,14). The van der Waals surface area contributed by atoms with E-state index >= 15 is 0 Å². The van der Waals surface area contributed by atoms with E-state index in [0.717, 1.165) is 4.90 Å². The second-order valence-electron chi connectivity index (χ2n) is 3.29. The molecule has 8 heteroatoms. The van der Waals surface area contributed by atoms with Gasteiger partial charge in [0.15, 0.2) is 10.7 Å². The first-order valence-electron chi connectivity index (χ1n) is 4.68. The second-order valence-corrected chi connectivity index (χ2v) is 4.32. The van der Waals surface area contributed by atoms with Gasteiger partial charge >= 0.3 is 5.76 Å². The average Bonchev–Trinajstić information content (AvgIpc) is 2.87. The number of nitrogen functional groups attached to an aromatic ring is 1. The number of anilines is 1. The summed E-state index contributed by atoms with van der Waals surface area (Å²) in [5.74, 6) is -0.499. The highest BCUT2D eigenvalue weighted by molar-refractivity contribution is 7.99. The molecule has 4 N–H and O–H groups in total. The van der Waals surface area contributed by atoms with Gasteiger partial charge < -0.3 is 10.2 Å². The minimum Gasteiger partial charge on any atom is -0.408 e. The van der Waals surface area contributed by atoms with Crippen LogP contribution in [-0.4, -0.2) is 20.2 Å². The molecule has 0 radical (unpaired) electrons. The number of nitrogens with two attached hydrogens (primary N) is 1. The third kappa shape index (κ3) is 1.78. The summed E-state index contributed by atoms with van der Waals surface area (Å²) in [4.78, 5) is 18.4. The molecule has 17 heavy (non-hydrogen) atoms. The van der Waals surface area contributed by atoms with Crippen LogP contribution in [0, 0.1) is 0 Å². The quantitative estimate of drug-likeness (QED) is 0.583. The van der Waals surface area contributed by atoms with Crippen molar-refractivity contribution in [3.8, 4) is 0 Å². The lowest BCUT2D eigenvalue weighted by Gasteiger charge is -2.01. The molecule has 3 aromatic rings. The van der Waals surface area contributed by atoms with Crippen molar-refractivity contribution in [1.82, 2.24) is 20.2 Å². The second kappa shape index (κ2) is 3.67. The molecule has 1 aromatic carbocycles. The molecule has 0 aliphatic carbocycles. The minimum atomic E-state index is -0.499. The lowest BCUT2D eigenvalue weighted by Crippen LogP contribution is -1.93. The van der Waals surface area contributed by atoms with E-state index in [-0.39, 0.29) is 0 Å². The van der Waals surface area contributed by atoms with Crippen LogP contribution < -0.4 is 11.5 Å². The summed E-state index contributed by atoms with van der Waals surface area (Å²) in [6.07, 6.45) is 1.41. The Balaban J connectivity index is 2.09. The molecule has 0 saturated heterocycles. The van der Waals surface area contributed by atoms with E-state index in [2.05, 4.69) is 20.2 Å². The summed E-state index contributed by atoms with van der Waals surface area (Å²) in [5, 5.41) is 7.08. The van der Waals surface area contributed by atoms with Crippen LogP contribution in [0.3, 0.4) is 0 Å². The fraction of sp³-hybridized carbons (Fsp3) is 0. The van der Waals surface area contributed by atoms with Gasteiger partial charge in [-0.3, -0.25) is 10.1 Å². The maximum atomic E-state index is 11.0. The number of nitrogens with one attached hydrogen (secondary N) is 2. The van der Waals surface area contributed by atoms with E-state index in [4.69, 9.17) is 10.2 Å². The molecule has 0 saturated carbocycles. The van der Waals surface area contributed by atoms with Gasteiger partial charge in [-0.15, -0.1) is 0 Å². The topological polar surface area (TPSA) is 114 Å². The Hall–Kier alpha value is -2.22. The number of hydrogen-bond donors (Lipinski definition) is 3. The molecular weight excluding hydrogens is 242 g/mol. The van der Waals surface area contributed by atoms with Crippen LogP contribution in [0.4, 0.5) is 5.69 Å². The smallest absolute Gasteiger partial charge is 0.408 e. The number of H-pyrrole nitrogens is 2. The van der Waals surface area contributed by atoms with Crippen LogP contribution in [0.25, 0.3) is 11.1 Å². The monoisotopic (exact) mass is 249 g/mol. The van der Waals surface area contributed by atoms with Gasteiger partial charge in [0.05, 0.1) is 5.52 Å². The molecule has 0 aliphatic heterocycles. The predicted molar refractivity (Wildman–Crippen MR) is 61.8 cm³/mol. The number of aromatic amines is 2. The Morgan fingerprint density at radius 1 is 1.41 bits per heavy atom. The summed E-state index contributed by atoms with van der Waals surface area (Å²) in [5.41, 5.74) is 7.41. The lowest BCUT2D eigenvalue weighted by atomic mass is 10.3. The molecule has 86 valence electrons. The van der Waals surface area contributed by atoms with Crippen LogP contribution in [0.2, 0.25) is 0 Å². The van der Waals surface area contributed by atoms with Gasteiger partial charge in [-0.1, -0.05) is 0 Å². The number of oxazole rings is 1. The third-order valence-corrected chi connectivity index (χ3v) is 3.11. The SMILES string of the molecule is Nc1cc2oc(=O)[nH]c2cc1Sc1ncn[nH]1. The molecule has 0 spiro atoms. The molecular formula is C9H7N5O2S. The molecule has 2 aromatic heterocycles. The molecule has 7 nitrogen and oxygen atoms in total. The van der Waals surface area contributed by atoms with E-state index in [0.29, 0.717) is 21.9 Å². The van der Waals surface area contributed by atoms with Gasteiger partial charge in [-0.25, -0.2) is 9.78 Å². The van der Waals surface area contributed by atoms with Gasteiger partial charge in [-0.05, 0) is 17.8 Å². The van der Waals surface area contributed by atoms with E-state index in [9.17, 15) is 4.79 Å². The summed E-state index contributed by atoms with van der Waals surface area (Å²) < 4.78 is 4.90. The highest BCUT2D eigenvalue weighted by atomic mass is 32.2. The van der Waals surface area contributed by atoms with Crippen LogP contribution in [0.5, 0.6) is 0 Å². The van der Waals surface area contributed by atoms with Crippen molar-refractivity contribution in [3.05, 3.63) is 29.0 Å². The van der Waals surface area contributed by atoms with E-state index in [1.165, 1.54) is 18.1 Å². The van der Waals surface area contributed by atoms with Gasteiger partial charge in [0, 0.05) is 16.6 Å². The van der Waals surface area contributed by atoms with Crippen LogP contribution in [0.1, 0.15) is 0 Å². The lowest BCUT2D eigenvalue weighted by molar-refractivity contribution is 0.555. The molecule has 0 fully saturated rings. The Bertz CT molecular complexity index is 715. The highest BCUT2D eigenvalue weighted by Crippen LogP contribution is 2.32. The van der Waals surface area contributed by atoms with Gasteiger partial charge in [-0.2, -0.15) is 5.10 Å². The predicted octanol–water partition coefficient (Wildman–Crippen LogP) is 0.973. The molecule has 0 unspecified atom stereocenters. The minimum absolute atomic E-state index is 0.439. The van der Waals surface area contributed by atoms with E-state index in [1.54, 1.807) is 12.1 Å². The average molecular weight is 249 g/mol. The number of rotatable bonds is 2. The normalized spacial score (nSPS) is 11.1. The number of fused-ring (bicyclic) bond motifs is 1. The van der Waals surface area contributed by atoms with Crippen molar-refractivity contribution in [2.24, 2.45) is 0 Å². The largest absolute Gasteiger partial charge is 0.417 e. The number of aromatic nitrogens is 4. The highest BCUT2D eigenvalue weighted by Gasteiger charge is 2.09. The zero-order valence-electron chi connectivity index (χ0n) is 8.43. The maximum absolute atomic E-state index is 11.0. The van der Waals surface area contributed by atoms with Crippen molar-refractivity contribution in [2.75, 3.05) is 5.73 Å². The first kappa shape index (κ1) is 9.97. The van der Waals surface area contributed by atoms with Gasteiger partial charge in [0.2, 0.25) is 0 Å². The third-order valence-electron chi connectivity index (χ3n) is 2.15. The number of hydrogen-bond acceptors (Lipinski definition) is 6. The molecule has 0 bridgehead atoms. The first-order valence-corrected chi connectivity index (χ1v) is 5.49. The van der Waals surface area contributed by atoms with Crippen molar-refractivity contribution >= 4 is 28.5 Å². The fourth-order valence-corrected chi connectivity index (χ4v) is 2.19. The Kier molecular flexibility index (Phi) is 2.15. The Morgan fingerprint density at radius 3 is 3.06 bits per heavy atom. The van der Waals surface area contributed by atoms with Crippen LogP contribution in [-0.2, 0) is 0 Å². The van der Waals surface area contributed by atoms with Crippen molar-refractivity contribution < 1.29 is 4.42 Å². The summed E-state index contributed by atoms with van der Waals surface area (Å²) in [7, 11) is 0. The zero-order chi connectivity index (χ0) is 11.8. The first-order chi connectivity index (χ1) is 8.22. The Morgan fingerprint density at radius 2 is 2.29 bits per heavy atom. The zero-order valence-corrected chi connectivity index (χ0v) is 9.25. The summed E-state index contributed by atoms with van der Waals surface area (Å²) in [6.45, 7) is 0. The molecule has 0 atom stereocenters. The van der Waals surface area contributed by atoms with Crippen LogP contribution >= 0.6 is 11.8 Å². The van der Waals surface area contributed by atoms with Gasteiger partial charge in [0.25, 0.3) is 0 Å². The summed E-state index contributed by atoms with van der Waals surface area (Å²) >= 11 is 1.33. The van der Waals surface area contributed by atoms with Crippen LogP contribution in [0.15, 0.2) is 37.7 Å². The van der Waals surface area contributed by atoms with E-state index < -0.39 is 5.76 Å². The van der Waals surface area contributed by atoms with Crippen molar-refractivity contribution in [3.63, 3.8) is 0 Å². The molecule has 2 heterocycles. The number of benzene rings is 1. The maximum Gasteiger partial charge on any atom is 0.417 e. The van der Waals surface area contributed by atoms with E-state index in [1.807, 2.05) is 0 Å². The Labute approximate surface area is 98.4 Å². The molecule has 0 aliphatic rings. The van der Waals surface area contributed by atoms with Gasteiger partial charge in [0.1, 0.15) is 6.33 Å². The molecule has 3 rings (SSSR count). The molecule has 0 amide bonds. The van der Waals surface area contributed by atoms with Crippen molar-refractivity contribution in [1.29, 1.82) is 0 Å². The van der Waals surface area contributed by atoms with Crippen molar-refractivity contribution in [2.45, 2.75) is 10.1 Å². The fourth-order valence-electron chi connectivity index (χ4n) is 1.43. The number of nitrogens with zero attached hydrogens (tertiary/aromatic N) is 2. The summed E-state index contributed by atoms with van der Waals surface area (Å²) in [6, 6.07) is 3.34.